The van der Waals surface area contributed by atoms with E-state index in [2.05, 4.69) is 0 Å². The summed E-state index contributed by atoms with van der Waals surface area (Å²) in [5, 5.41) is 0. The second-order valence-corrected chi connectivity index (χ2v) is 6.02. The number of rotatable bonds is 4. The Hall–Kier alpha value is -1.55. The zero-order valence-electron chi connectivity index (χ0n) is 12.0. The molecule has 2 fully saturated rings. The topological polar surface area (TPSA) is 55.6 Å². The van der Waals surface area contributed by atoms with Gasteiger partial charge in [0, 0.05) is 25.9 Å². The van der Waals surface area contributed by atoms with Crippen molar-refractivity contribution in [2.45, 2.75) is 37.2 Å². The number of hydrogen-bond acceptors (Lipinski definition) is 3. The molecular formula is C16H22N2O2. The first-order chi connectivity index (χ1) is 9.62. The summed E-state index contributed by atoms with van der Waals surface area (Å²) in [6, 6.07) is 7.73. The predicted octanol–water partition coefficient (Wildman–Crippen LogP) is 1.94. The summed E-state index contributed by atoms with van der Waals surface area (Å²) >= 11 is 0. The van der Waals surface area contributed by atoms with Crippen LogP contribution in [-0.4, -0.2) is 37.1 Å². The Balaban J connectivity index is 1.70. The number of carbonyl (C=O) groups excluding carboxylic acids is 1. The van der Waals surface area contributed by atoms with Crippen molar-refractivity contribution >= 4 is 11.6 Å². The molecule has 4 nitrogen and oxygen atoms in total. The van der Waals surface area contributed by atoms with Gasteiger partial charge in [-0.3, -0.25) is 4.79 Å². The second kappa shape index (κ2) is 5.09. The molecule has 2 aliphatic rings. The molecule has 0 radical (unpaired) electrons. The van der Waals surface area contributed by atoms with Crippen LogP contribution >= 0.6 is 0 Å². The number of amides is 1. The number of ether oxygens (including phenoxy) is 1. The number of benzene rings is 1. The van der Waals surface area contributed by atoms with Crippen molar-refractivity contribution in [3.63, 3.8) is 0 Å². The SMILES string of the molecule is CN(CC1CCCO1)C(=O)C1(c2ccc(N)cc2)CC1. The average Bonchev–Trinajstić information content (AvgIpc) is 3.10. The van der Waals surface area contributed by atoms with Crippen LogP contribution in [0.2, 0.25) is 0 Å². The van der Waals surface area contributed by atoms with Crippen LogP contribution in [0.3, 0.4) is 0 Å². The van der Waals surface area contributed by atoms with Gasteiger partial charge in [0.05, 0.1) is 11.5 Å². The molecule has 4 heteroatoms. The molecule has 1 saturated carbocycles. The highest BCUT2D eigenvalue weighted by molar-refractivity contribution is 5.91. The monoisotopic (exact) mass is 274 g/mol. The summed E-state index contributed by atoms with van der Waals surface area (Å²) in [7, 11) is 1.89. The Labute approximate surface area is 119 Å². The van der Waals surface area contributed by atoms with Crippen molar-refractivity contribution in [2.24, 2.45) is 0 Å². The van der Waals surface area contributed by atoms with Crippen LogP contribution in [0, 0.1) is 0 Å². The number of hydrogen-bond donors (Lipinski definition) is 1. The minimum Gasteiger partial charge on any atom is -0.399 e. The molecule has 0 aromatic heterocycles. The number of carbonyl (C=O) groups is 1. The lowest BCUT2D eigenvalue weighted by molar-refractivity contribution is -0.134. The van der Waals surface area contributed by atoms with Crippen LogP contribution < -0.4 is 5.73 Å². The number of nitrogens with zero attached hydrogens (tertiary/aromatic N) is 1. The van der Waals surface area contributed by atoms with Gasteiger partial charge in [0.25, 0.3) is 0 Å². The highest BCUT2D eigenvalue weighted by Gasteiger charge is 2.52. The lowest BCUT2D eigenvalue weighted by Gasteiger charge is -2.26. The van der Waals surface area contributed by atoms with Gasteiger partial charge in [0.15, 0.2) is 0 Å². The highest BCUT2D eigenvalue weighted by atomic mass is 16.5. The fourth-order valence-electron chi connectivity index (χ4n) is 3.10. The Bertz CT molecular complexity index is 488. The van der Waals surface area contributed by atoms with E-state index < -0.39 is 0 Å². The maximum atomic E-state index is 12.7. The Kier molecular flexibility index (Phi) is 3.42. The Morgan fingerprint density at radius 3 is 2.65 bits per heavy atom. The summed E-state index contributed by atoms with van der Waals surface area (Å²) in [5.74, 6) is 0.220. The summed E-state index contributed by atoms with van der Waals surface area (Å²) < 4.78 is 5.62. The van der Waals surface area contributed by atoms with Crippen LogP contribution in [0.25, 0.3) is 0 Å². The quantitative estimate of drug-likeness (QED) is 0.854. The smallest absolute Gasteiger partial charge is 0.233 e. The molecule has 2 N–H and O–H groups in total. The largest absolute Gasteiger partial charge is 0.399 e. The van der Waals surface area contributed by atoms with Gasteiger partial charge in [-0.25, -0.2) is 0 Å². The molecule has 1 aromatic rings. The standard InChI is InChI=1S/C16H22N2O2/c1-18(11-14-3-2-10-20-14)15(19)16(8-9-16)12-4-6-13(17)7-5-12/h4-7,14H,2-3,8-11,17H2,1H3. The molecule has 1 aromatic carbocycles. The summed E-state index contributed by atoms with van der Waals surface area (Å²) in [6.45, 7) is 1.53. The molecule has 1 atom stereocenters. The molecule has 1 aliphatic carbocycles. The lowest BCUT2D eigenvalue weighted by atomic mass is 9.94. The fraction of sp³-hybridized carbons (Fsp3) is 0.562. The third kappa shape index (κ3) is 2.40. The molecule has 1 unspecified atom stereocenters. The van der Waals surface area contributed by atoms with Gasteiger partial charge in [0.2, 0.25) is 5.91 Å². The zero-order valence-corrected chi connectivity index (χ0v) is 12.0. The third-order valence-corrected chi connectivity index (χ3v) is 4.47. The van der Waals surface area contributed by atoms with Gasteiger partial charge in [-0.05, 0) is 43.4 Å². The minimum atomic E-state index is -0.305. The van der Waals surface area contributed by atoms with E-state index in [1.54, 1.807) is 0 Å². The van der Waals surface area contributed by atoms with Crippen molar-refractivity contribution in [1.29, 1.82) is 0 Å². The van der Waals surface area contributed by atoms with Crippen LogP contribution in [0.15, 0.2) is 24.3 Å². The minimum absolute atomic E-state index is 0.214. The first-order valence-corrected chi connectivity index (χ1v) is 7.35. The third-order valence-electron chi connectivity index (χ3n) is 4.47. The van der Waals surface area contributed by atoms with Gasteiger partial charge >= 0.3 is 0 Å². The van der Waals surface area contributed by atoms with Crippen LogP contribution in [0.1, 0.15) is 31.2 Å². The first kappa shape index (κ1) is 13.4. The van der Waals surface area contributed by atoms with E-state index in [1.807, 2.05) is 36.2 Å². The Morgan fingerprint density at radius 1 is 1.40 bits per heavy atom. The number of nitrogen functional groups attached to an aromatic ring is 1. The molecule has 1 amide bonds. The number of anilines is 1. The van der Waals surface area contributed by atoms with Gasteiger partial charge < -0.3 is 15.4 Å². The van der Waals surface area contributed by atoms with Crippen LogP contribution in [0.4, 0.5) is 5.69 Å². The molecule has 1 heterocycles. The van der Waals surface area contributed by atoms with Crippen molar-refractivity contribution in [2.75, 3.05) is 25.9 Å². The van der Waals surface area contributed by atoms with Crippen molar-refractivity contribution in [3.8, 4) is 0 Å². The predicted molar refractivity (Wildman–Crippen MR) is 78.4 cm³/mol. The maximum absolute atomic E-state index is 12.7. The molecule has 3 rings (SSSR count). The van der Waals surface area contributed by atoms with E-state index in [0.717, 1.165) is 43.5 Å². The van der Waals surface area contributed by atoms with E-state index in [4.69, 9.17) is 10.5 Å². The first-order valence-electron chi connectivity index (χ1n) is 7.35. The summed E-state index contributed by atoms with van der Waals surface area (Å²) in [5.41, 5.74) is 7.25. The normalized spacial score (nSPS) is 23.6. The maximum Gasteiger partial charge on any atom is 0.233 e. The number of likely N-dealkylation sites (N-methyl/N-ethyl adjacent to an activating group) is 1. The molecule has 1 aliphatic heterocycles. The second-order valence-electron chi connectivity index (χ2n) is 6.02. The van der Waals surface area contributed by atoms with Crippen molar-refractivity contribution in [1.82, 2.24) is 4.90 Å². The molecule has 1 saturated heterocycles. The van der Waals surface area contributed by atoms with Gasteiger partial charge in [0.1, 0.15) is 0 Å². The van der Waals surface area contributed by atoms with Gasteiger partial charge in [-0.15, -0.1) is 0 Å². The highest BCUT2D eigenvalue weighted by Crippen LogP contribution is 2.49. The van der Waals surface area contributed by atoms with E-state index >= 15 is 0 Å². The Morgan fingerprint density at radius 2 is 2.10 bits per heavy atom. The molecular weight excluding hydrogens is 252 g/mol. The molecule has 108 valence electrons. The fourth-order valence-corrected chi connectivity index (χ4v) is 3.10. The van der Waals surface area contributed by atoms with Crippen molar-refractivity contribution in [3.05, 3.63) is 29.8 Å². The molecule has 0 bridgehead atoms. The van der Waals surface area contributed by atoms with Crippen LogP contribution in [0.5, 0.6) is 0 Å². The zero-order chi connectivity index (χ0) is 14.2. The van der Waals surface area contributed by atoms with Gasteiger partial charge in [-0.1, -0.05) is 12.1 Å². The van der Waals surface area contributed by atoms with E-state index in [1.165, 1.54) is 0 Å². The number of nitrogens with two attached hydrogens (primary N) is 1. The molecule has 0 spiro atoms. The lowest BCUT2D eigenvalue weighted by Crippen LogP contribution is -2.40. The molecule has 20 heavy (non-hydrogen) atoms. The van der Waals surface area contributed by atoms with Gasteiger partial charge in [-0.2, -0.15) is 0 Å². The summed E-state index contributed by atoms with van der Waals surface area (Å²) in [6.07, 6.45) is 4.26. The average molecular weight is 274 g/mol. The van der Waals surface area contributed by atoms with E-state index in [0.29, 0.717) is 6.54 Å². The van der Waals surface area contributed by atoms with Crippen LogP contribution in [-0.2, 0) is 14.9 Å². The summed E-state index contributed by atoms with van der Waals surface area (Å²) in [4.78, 5) is 14.6. The van der Waals surface area contributed by atoms with E-state index in [-0.39, 0.29) is 17.4 Å². The van der Waals surface area contributed by atoms with E-state index in [9.17, 15) is 4.79 Å². The van der Waals surface area contributed by atoms with Crippen molar-refractivity contribution < 1.29 is 9.53 Å².